The summed E-state index contributed by atoms with van der Waals surface area (Å²) in [5.41, 5.74) is 0.817. The van der Waals surface area contributed by atoms with Crippen molar-refractivity contribution in [3.05, 3.63) is 47.5 Å². The van der Waals surface area contributed by atoms with Crippen LogP contribution in [0.3, 0.4) is 0 Å². The van der Waals surface area contributed by atoms with Crippen LogP contribution in [0.25, 0.3) is 0 Å². The van der Waals surface area contributed by atoms with Crippen LogP contribution in [0, 0.1) is 5.41 Å². The molecule has 0 aromatic heterocycles. The number of aliphatic carboxylic acids is 1. The molecule has 5 nitrogen and oxygen atoms in total. The van der Waals surface area contributed by atoms with E-state index in [0.29, 0.717) is 19.4 Å². The normalized spacial score (nSPS) is 20.5. The minimum absolute atomic E-state index is 0.257. The monoisotopic (exact) mass is 316 g/mol. The van der Waals surface area contributed by atoms with E-state index in [1.54, 1.807) is 6.08 Å². The summed E-state index contributed by atoms with van der Waals surface area (Å²) in [6, 6.07) is 7.89. The number of nitrogens with one attached hydrogen (secondary N) is 1. The highest BCUT2D eigenvalue weighted by Gasteiger charge is 2.45. The average molecular weight is 316 g/mol. The molecule has 0 saturated heterocycles. The number of allylic oxidation sites excluding steroid dienone is 2. The zero-order valence-corrected chi connectivity index (χ0v) is 13.7. The molecule has 1 aliphatic rings. The van der Waals surface area contributed by atoms with E-state index in [-0.39, 0.29) is 6.42 Å². The van der Waals surface area contributed by atoms with Crippen LogP contribution in [0.1, 0.15) is 30.4 Å². The van der Waals surface area contributed by atoms with Crippen LogP contribution in [0.2, 0.25) is 0 Å². The van der Waals surface area contributed by atoms with Gasteiger partial charge in [0.05, 0.1) is 0 Å². The van der Waals surface area contributed by atoms with Crippen LogP contribution >= 0.6 is 0 Å². The Bertz CT molecular complexity index is 610. The van der Waals surface area contributed by atoms with E-state index >= 15 is 0 Å². The Kier molecular flexibility index (Phi) is 5.55. The SMILES string of the molecule is CN(C)Cc1ccccc1CNC(=O)C1(C(=O)O)CC=CCC1. The van der Waals surface area contributed by atoms with Crippen LogP contribution < -0.4 is 5.32 Å². The number of hydrogen-bond donors (Lipinski definition) is 2. The molecule has 1 aromatic rings. The maximum absolute atomic E-state index is 12.5. The van der Waals surface area contributed by atoms with Crippen molar-refractivity contribution in [2.45, 2.75) is 32.4 Å². The lowest BCUT2D eigenvalue weighted by molar-refractivity contribution is -0.156. The number of carboxylic acid groups (broad SMARTS) is 1. The fraction of sp³-hybridized carbons (Fsp3) is 0.444. The van der Waals surface area contributed by atoms with Gasteiger partial charge in [0.25, 0.3) is 0 Å². The van der Waals surface area contributed by atoms with Gasteiger partial charge in [-0.2, -0.15) is 0 Å². The highest BCUT2D eigenvalue weighted by molar-refractivity contribution is 6.02. The lowest BCUT2D eigenvalue weighted by atomic mass is 9.76. The fourth-order valence-electron chi connectivity index (χ4n) is 2.90. The maximum Gasteiger partial charge on any atom is 0.319 e. The van der Waals surface area contributed by atoms with Gasteiger partial charge in [-0.1, -0.05) is 36.4 Å². The van der Waals surface area contributed by atoms with Gasteiger partial charge < -0.3 is 15.3 Å². The van der Waals surface area contributed by atoms with Gasteiger partial charge in [0, 0.05) is 13.1 Å². The molecule has 1 atom stereocenters. The van der Waals surface area contributed by atoms with Crippen molar-refractivity contribution in [2.75, 3.05) is 14.1 Å². The third-order valence-corrected chi connectivity index (χ3v) is 4.26. The molecule has 124 valence electrons. The second-order valence-electron chi connectivity index (χ2n) is 6.29. The summed E-state index contributed by atoms with van der Waals surface area (Å²) in [4.78, 5) is 26.2. The molecule has 0 spiro atoms. The van der Waals surface area contributed by atoms with Crippen LogP contribution in [0.4, 0.5) is 0 Å². The number of carbonyl (C=O) groups excluding carboxylic acids is 1. The molecule has 0 heterocycles. The van der Waals surface area contributed by atoms with Gasteiger partial charge in [-0.25, -0.2) is 0 Å². The first-order chi connectivity index (χ1) is 11.0. The van der Waals surface area contributed by atoms with E-state index in [4.69, 9.17) is 0 Å². The van der Waals surface area contributed by atoms with E-state index in [0.717, 1.165) is 17.7 Å². The zero-order valence-electron chi connectivity index (χ0n) is 13.7. The van der Waals surface area contributed by atoms with Crippen molar-refractivity contribution in [1.82, 2.24) is 10.2 Å². The molecule has 0 saturated carbocycles. The highest BCUT2D eigenvalue weighted by Crippen LogP contribution is 2.33. The predicted molar refractivity (Wildman–Crippen MR) is 88.7 cm³/mol. The fourth-order valence-corrected chi connectivity index (χ4v) is 2.90. The zero-order chi connectivity index (χ0) is 16.9. The Morgan fingerprint density at radius 2 is 1.91 bits per heavy atom. The number of carbonyl (C=O) groups is 2. The molecular weight excluding hydrogens is 292 g/mol. The van der Waals surface area contributed by atoms with Crippen LogP contribution in [0.5, 0.6) is 0 Å². The van der Waals surface area contributed by atoms with Crippen LogP contribution in [-0.4, -0.2) is 36.0 Å². The Hall–Kier alpha value is -2.14. The van der Waals surface area contributed by atoms with E-state index in [2.05, 4.69) is 10.2 Å². The lowest BCUT2D eigenvalue weighted by Gasteiger charge is -2.29. The first kappa shape index (κ1) is 17.2. The van der Waals surface area contributed by atoms with Crippen molar-refractivity contribution >= 4 is 11.9 Å². The first-order valence-corrected chi connectivity index (χ1v) is 7.84. The predicted octanol–water partition coefficient (Wildman–Crippen LogP) is 2.18. The summed E-state index contributed by atoms with van der Waals surface area (Å²) >= 11 is 0. The van der Waals surface area contributed by atoms with Crippen LogP contribution in [0.15, 0.2) is 36.4 Å². The third kappa shape index (κ3) is 3.99. The molecule has 0 aliphatic heterocycles. The van der Waals surface area contributed by atoms with Gasteiger partial charge >= 0.3 is 5.97 Å². The standard InChI is InChI=1S/C18H24N2O3/c1-20(2)13-15-9-5-4-8-14(15)12-19-16(21)18(17(22)23)10-6-3-7-11-18/h3-6,8-9H,7,10-13H2,1-2H3,(H,19,21)(H,22,23). The number of amides is 1. The Balaban J connectivity index is 2.09. The molecule has 2 N–H and O–H groups in total. The number of rotatable bonds is 6. The van der Waals surface area contributed by atoms with E-state index in [1.165, 1.54) is 0 Å². The maximum atomic E-state index is 12.5. The van der Waals surface area contributed by atoms with Crippen molar-refractivity contribution < 1.29 is 14.7 Å². The van der Waals surface area contributed by atoms with Crippen molar-refractivity contribution in [3.8, 4) is 0 Å². The minimum Gasteiger partial charge on any atom is -0.480 e. The molecule has 1 amide bonds. The molecular formula is C18H24N2O3. The molecule has 0 fully saturated rings. The summed E-state index contributed by atoms with van der Waals surface area (Å²) in [5.74, 6) is -1.44. The van der Waals surface area contributed by atoms with Gasteiger partial charge in [-0.3, -0.25) is 9.59 Å². The summed E-state index contributed by atoms with van der Waals surface area (Å²) in [6.45, 7) is 1.13. The van der Waals surface area contributed by atoms with Gasteiger partial charge in [0.2, 0.25) is 5.91 Å². The molecule has 0 radical (unpaired) electrons. The van der Waals surface area contributed by atoms with Crippen molar-refractivity contribution in [2.24, 2.45) is 5.41 Å². The Morgan fingerprint density at radius 3 is 2.48 bits per heavy atom. The minimum atomic E-state index is -1.33. The summed E-state index contributed by atoms with van der Waals surface area (Å²) in [6.07, 6.45) is 4.95. The van der Waals surface area contributed by atoms with Crippen LogP contribution in [-0.2, 0) is 22.7 Å². The number of benzene rings is 1. The quantitative estimate of drug-likeness (QED) is 0.623. The molecule has 1 unspecified atom stereocenters. The highest BCUT2D eigenvalue weighted by atomic mass is 16.4. The first-order valence-electron chi connectivity index (χ1n) is 7.84. The second-order valence-corrected chi connectivity index (χ2v) is 6.29. The Morgan fingerprint density at radius 1 is 1.22 bits per heavy atom. The van der Waals surface area contributed by atoms with E-state index in [1.807, 2.05) is 44.4 Å². The summed E-state index contributed by atoms with van der Waals surface area (Å²) in [5, 5.41) is 12.4. The Labute approximate surface area is 137 Å². The number of carboxylic acids is 1. The third-order valence-electron chi connectivity index (χ3n) is 4.26. The van der Waals surface area contributed by atoms with Crippen molar-refractivity contribution in [3.63, 3.8) is 0 Å². The smallest absolute Gasteiger partial charge is 0.319 e. The largest absolute Gasteiger partial charge is 0.480 e. The van der Waals surface area contributed by atoms with E-state index in [9.17, 15) is 14.7 Å². The van der Waals surface area contributed by atoms with Gasteiger partial charge in [-0.15, -0.1) is 0 Å². The molecule has 1 aliphatic carbocycles. The second kappa shape index (κ2) is 7.42. The van der Waals surface area contributed by atoms with Gasteiger partial charge in [-0.05, 0) is 44.5 Å². The topological polar surface area (TPSA) is 69.6 Å². The van der Waals surface area contributed by atoms with Crippen molar-refractivity contribution in [1.29, 1.82) is 0 Å². The molecule has 23 heavy (non-hydrogen) atoms. The number of hydrogen-bond acceptors (Lipinski definition) is 3. The van der Waals surface area contributed by atoms with Gasteiger partial charge in [0.1, 0.15) is 5.41 Å². The average Bonchev–Trinajstić information content (AvgIpc) is 2.53. The van der Waals surface area contributed by atoms with E-state index < -0.39 is 17.3 Å². The molecule has 0 bridgehead atoms. The lowest BCUT2D eigenvalue weighted by Crippen LogP contribution is -2.47. The molecule has 5 heteroatoms. The number of nitrogens with zero attached hydrogens (tertiary/aromatic N) is 1. The summed E-state index contributed by atoms with van der Waals surface area (Å²) < 4.78 is 0. The van der Waals surface area contributed by atoms with Gasteiger partial charge in [0.15, 0.2) is 0 Å². The summed E-state index contributed by atoms with van der Waals surface area (Å²) in [7, 11) is 3.98. The molecule has 2 rings (SSSR count). The molecule has 1 aromatic carbocycles.